The van der Waals surface area contributed by atoms with Crippen molar-refractivity contribution < 1.29 is 9.47 Å². The Labute approximate surface area is 120 Å². The molecule has 1 aromatic carbocycles. The maximum atomic E-state index is 6.36. The van der Waals surface area contributed by atoms with E-state index in [9.17, 15) is 0 Å². The average Bonchev–Trinajstić information content (AvgIpc) is 2.88. The van der Waals surface area contributed by atoms with Crippen molar-refractivity contribution in [2.24, 2.45) is 11.7 Å². The van der Waals surface area contributed by atoms with Gasteiger partial charge in [-0.3, -0.25) is 0 Å². The van der Waals surface area contributed by atoms with Gasteiger partial charge in [0.25, 0.3) is 0 Å². The minimum atomic E-state index is 0.0320. The molecule has 0 amide bonds. The summed E-state index contributed by atoms with van der Waals surface area (Å²) < 4.78 is 10.8. The van der Waals surface area contributed by atoms with Gasteiger partial charge in [0, 0.05) is 19.1 Å². The van der Waals surface area contributed by atoms with Crippen molar-refractivity contribution in [1.82, 2.24) is 4.90 Å². The summed E-state index contributed by atoms with van der Waals surface area (Å²) in [6, 6.07) is 6.06. The van der Waals surface area contributed by atoms with E-state index in [2.05, 4.69) is 17.9 Å². The summed E-state index contributed by atoms with van der Waals surface area (Å²) in [5.41, 5.74) is 7.49. The summed E-state index contributed by atoms with van der Waals surface area (Å²) in [4.78, 5) is 2.47. The fourth-order valence-corrected chi connectivity index (χ4v) is 2.90. The van der Waals surface area contributed by atoms with E-state index in [1.165, 1.54) is 25.8 Å². The van der Waals surface area contributed by atoms with Crippen LogP contribution in [0.25, 0.3) is 0 Å². The van der Waals surface area contributed by atoms with Gasteiger partial charge in [0.15, 0.2) is 11.5 Å². The normalized spacial score (nSPS) is 19.1. The van der Waals surface area contributed by atoms with Crippen molar-refractivity contribution in [1.29, 1.82) is 0 Å². The van der Waals surface area contributed by atoms with E-state index in [0.717, 1.165) is 36.1 Å². The predicted molar refractivity (Wildman–Crippen MR) is 78.9 cm³/mol. The monoisotopic (exact) mass is 276 g/mol. The van der Waals surface area contributed by atoms with Crippen LogP contribution < -0.4 is 15.2 Å². The SMILES string of the molecule is CCN(CC1CCC1)CC(N)c1ccc2c(c1)OCO2. The van der Waals surface area contributed by atoms with Crippen molar-refractivity contribution in [3.8, 4) is 11.5 Å². The number of ether oxygens (including phenoxy) is 2. The molecule has 2 aliphatic rings. The maximum absolute atomic E-state index is 6.36. The lowest BCUT2D eigenvalue weighted by Crippen LogP contribution is -2.37. The lowest BCUT2D eigenvalue weighted by Gasteiger charge is -2.33. The van der Waals surface area contributed by atoms with Crippen LogP contribution >= 0.6 is 0 Å². The fraction of sp³-hybridized carbons (Fsp3) is 0.625. The maximum Gasteiger partial charge on any atom is 0.231 e. The zero-order valence-corrected chi connectivity index (χ0v) is 12.2. The van der Waals surface area contributed by atoms with Gasteiger partial charge in [0.2, 0.25) is 6.79 Å². The quantitative estimate of drug-likeness (QED) is 0.867. The van der Waals surface area contributed by atoms with Gasteiger partial charge in [0.1, 0.15) is 0 Å². The number of hydrogen-bond acceptors (Lipinski definition) is 4. The molecule has 110 valence electrons. The summed E-state index contributed by atoms with van der Waals surface area (Å²) in [7, 11) is 0. The molecule has 1 saturated carbocycles. The molecule has 1 atom stereocenters. The van der Waals surface area contributed by atoms with Gasteiger partial charge >= 0.3 is 0 Å². The first-order chi connectivity index (χ1) is 9.76. The van der Waals surface area contributed by atoms with Gasteiger partial charge < -0.3 is 20.1 Å². The molecule has 3 rings (SSSR count). The van der Waals surface area contributed by atoms with E-state index < -0.39 is 0 Å². The topological polar surface area (TPSA) is 47.7 Å². The minimum absolute atomic E-state index is 0.0320. The van der Waals surface area contributed by atoms with Gasteiger partial charge in [-0.2, -0.15) is 0 Å². The van der Waals surface area contributed by atoms with E-state index in [4.69, 9.17) is 15.2 Å². The standard InChI is InChI=1S/C16H24N2O2/c1-2-18(9-12-4-3-5-12)10-14(17)13-6-7-15-16(8-13)20-11-19-15/h6-8,12,14H,2-5,9-11,17H2,1H3. The Bertz CT molecular complexity index is 460. The highest BCUT2D eigenvalue weighted by atomic mass is 16.7. The summed E-state index contributed by atoms with van der Waals surface area (Å²) >= 11 is 0. The summed E-state index contributed by atoms with van der Waals surface area (Å²) in [6.07, 6.45) is 4.17. The number of nitrogens with zero attached hydrogens (tertiary/aromatic N) is 1. The second-order valence-corrected chi connectivity index (χ2v) is 5.87. The Morgan fingerprint density at radius 2 is 2.10 bits per heavy atom. The Morgan fingerprint density at radius 1 is 1.30 bits per heavy atom. The lowest BCUT2D eigenvalue weighted by molar-refractivity contribution is 0.173. The van der Waals surface area contributed by atoms with Crippen molar-refractivity contribution >= 4 is 0 Å². The number of benzene rings is 1. The first-order valence-corrected chi connectivity index (χ1v) is 7.63. The van der Waals surface area contributed by atoms with Crippen LogP contribution in [0.15, 0.2) is 18.2 Å². The zero-order chi connectivity index (χ0) is 13.9. The second kappa shape index (κ2) is 6.02. The zero-order valence-electron chi connectivity index (χ0n) is 12.2. The van der Waals surface area contributed by atoms with Crippen LogP contribution in [0.1, 0.15) is 37.8 Å². The molecule has 2 N–H and O–H groups in total. The molecule has 0 saturated heterocycles. The molecule has 0 bridgehead atoms. The highest BCUT2D eigenvalue weighted by Crippen LogP contribution is 2.34. The van der Waals surface area contributed by atoms with Crippen LogP contribution in [0.2, 0.25) is 0 Å². The van der Waals surface area contributed by atoms with E-state index >= 15 is 0 Å². The van der Waals surface area contributed by atoms with Crippen LogP contribution in [-0.2, 0) is 0 Å². The first kappa shape index (κ1) is 13.7. The molecule has 1 heterocycles. The van der Waals surface area contributed by atoms with Gasteiger partial charge in [0.05, 0.1) is 0 Å². The van der Waals surface area contributed by atoms with Crippen molar-refractivity contribution in [2.75, 3.05) is 26.4 Å². The molecule has 1 aliphatic carbocycles. The summed E-state index contributed by atoms with van der Waals surface area (Å²) in [5, 5.41) is 0. The smallest absolute Gasteiger partial charge is 0.231 e. The third-order valence-electron chi connectivity index (χ3n) is 4.47. The van der Waals surface area contributed by atoms with Gasteiger partial charge in [-0.05, 0) is 43.0 Å². The lowest BCUT2D eigenvalue weighted by atomic mass is 9.85. The number of likely N-dealkylation sites (N-methyl/N-ethyl adjacent to an activating group) is 1. The van der Waals surface area contributed by atoms with Crippen LogP contribution in [0.5, 0.6) is 11.5 Å². The largest absolute Gasteiger partial charge is 0.454 e. The van der Waals surface area contributed by atoms with E-state index in [-0.39, 0.29) is 6.04 Å². The Morgan fingerprint density at radius 3 is 2.80 bits per heavy atom. The molecular formula is C16H24N2O2. The molecule has 20 heavy (non-hydrogen) atoms. The van der Waals surface area contributed by atoms with Crippen molar-refractivity contribution in [3.05, 3.63) is 23.8 Å². The molecule has 1 fully saturated rings. The molecule has 0 spiro atoms. The third kappa shape index (κ3) is 2.91. The molecule has 1 aromatic rings. The van der Waals surface area contributed by atoms with Crippen molar-refractivity contribution in [2.45, 2.75) is 32.2 Å². The second-order valence-electron chi connectivity index (χ2n) is 5.87. The van der Waals surface area contributed by atoms with Gasteiger partial charge in [-0.1, -0.05) is 19.4 Å². The summed E-state index contributed by atoms with van der Waals surface area (Å²) in [6.45, 7) is 5.69. The molecule has 1 aliphatic heterocycles. The van der Waals surface area contributed by atoms with Crippen LogP contribution in [0.4, 0.5) is 0 Å². The third-order valence-corrected chi connectivity index (χ3v) is 4.47. The molecule has 0 aromatic heterocycles. The van der Waals surface area contributed by atoms with E-state index in [1.807, 2.05) is 12.1 Å². The molecule has 4 nitrogen and oxygen atoms in total. The minimum Gasteiger partial charge on any atom is -0.454 e. The number of nitrogens with two attached hydrogens (primary N) is 1. The van der Waals surface area contributed by atoms with E-state index in [1.54, 1.807) is 0 Å². The number of fused-ring (bicyclic) bond motifs is 1. The predicted octanol–water partition coefficient (Wildman–Crippen LogP) is 2.54. The molecular weight excluding hydrogens is 252 g/mol. The number of hydrogen-bond donors (Lipinski definition) is 1. The molecule has 4 heteroatoms. The molecule has 0 radical (unpaired) electrons. The number of rotatable bonds is 6. The molecule has 1 unspecified atom stereocenters. The van der Waals surface area contributed by atoms with Crippen LogP contribution in [0.3, 0.4) is 0 Å². The van der Waals surface area contributed by atoms with Crippen molar-refractivity contribution in [3.63, 3.8) is 0 Å². The highest BCUT2D eigenvalue weighted by Gasteiger charge is 2.22. The Kier molecular flexibility index (Phi) is 4.13. The highest BCUT2D eigenvalue weighted by molar-refractivity contribution is 5.45. The van der Waals surface area contributed by atoms with E-state index in [0.29, 0.717) is 6.79 Å². The van der Waals surface area contributed by atoms with Gasteiger partial charge in [-0.25, -0.2) is 0 Å². The van der Waals surface area contributed by atoms with Gasteiger partial charge in [-0.15, -0.1) is 0 Å². The van der Waals surface area contributed by atoms with Crippen LogP contribution in [-0.4, -0.2) is 31.3 Å². The Hall–Kier alpha value is -1.26. The Balaban J connectivity index is 1.60. The first-order valence-electron chi connectivity index (χ1n) is 7.63. The fourth-order valence-electron chi connectivity index (χ4n) is 2.90. The summed E-state index contributed by atoms with van der Waals surface area (Å²) in [5.74, 6) is 2.53. The average molecular weight is 276 g/mol. The van der Waals surface area contributed by atoms with Crippen LogP contribution in [0, 0.1) is 5.92 Å².